The lowest BCUT2D eigenvalue weighted by Gasteiger charge is -2.33. The van der Waals surface area contributed by atoms with Crippen LogP contribution in [0.5, 0.6) is 0 Å². The number of nitrogens with one attached hydrogen (secondary N) is 1. The fourth-order valence-electron chi connectivity index (χ4n) is 3.30. The number of nitrogens with two attached hydrogens (primary N) is 1. The fraction of sp³-hybridized carbons (Fsp3) is 0.571. The first kappa shape index (κ1) is 13.0. The van der Waals surface area contributed by atoms with Gasteiger partial charge in [0.2, 0.25) is 0 Å². The highest BCUT2D eigenvalue weighted by Crippen LogP contribution is 2.32. The third-order valence-electron chi connectivity index (χ3n) is 4.29. The van der Waals surface area contributed by atoms with E-state index in [1.165, 1.54) is 31.9 Å². The minimum atomic E-state index is -0.463. The summed E-state index contributed by atoms with van der Waals surface area (Å²) in [4.78, 5) is 2.54. The lowest BCUT2D eigenvalue weighted by atomic mass is 9.99. The van der Waals surface area contributed by atoms with Gasteiger partial charge in [0.25, 0.3) is 0 Å². The van der Waals surface area contributed by atoms with E-state index in [2.05, 4.69) is 10.2 Å². The van der Waals surface area contributed by atoms with Gasteiger partial charge in [-0.05, 0) is 31.9 Å². The summed E-state index contributed by atoms with van der Waals surface area (Å²) in [6.45, 7) is 2.33. The SMILES string of the molecule is Nc1cc(F)c(Cl)cc1NC1CCN2CCCCC12. The van der Waals surface area contributed by atoms with Crippen molar-refractivity contribution >= 4 is 23.0 Å². The molecule has 2 aliphatic rings. The van der Waals surface area contributed by atoms with Crippen LogP contribution in [0.4, 0.5) is 15.8 Å². The molecule has 0 aromatic heterocycles. The Kier molecular flexibility index (Phi) is 3.54. The standard InChI is InChI=1S/C14H19ClFN3/c15-9-7-13(11(17)8-10(9)16)18-12-4-6-19-5-2-1-3-14(12)19/h7-8,12,14,18H,1-6,17H2. The number of anilines is 2. The molecule has 2 saturated heterocycles. The third-order valence-corrected chi connectivity index (χ3v) is 4.58. The predicted octanol–water partition coefficient (Wildman–Crippen LogP) is 3.10. The summed E-state index contributed by atoms with van der Waals surface area (Å²) in [6, 6.07) is 3.86. The maximum atomic E-state index is 13.3. The van der Waals surface area contributed by atoms with E-state index in [4.69, 9.17) is 17.3 Å². The second-order valence-electron chi connectivity index (χ2n) is 5.49. The number of nitrogens with zero attached hydrogens (tertiary/aromatic N) is 1. The van der Waals surface area contributed by atoms with Gasteiger partial charge in [-0.3, -0.25) is 4.90 Å². The van der Waals surface area contributed by atoms with Gasteiger partial charge in [-0.2, -0.15) is 0 Å². The van der Waals surface area contributed by atoms with Gasteiger partial charge in [-0.15, -0.1) is 0 Å². The number of piperidine rings is 1. The minimum absolute atomic E-state index is 0.121. The summed E-state index contributed by atoms with van der Waals surface area (Å²) >= 11 is 5.83. The van der Waals surface area contributed by atoms with Crippen LogP contribution in [0.3, 0.4) is 0 Å². The number of nitrogen functional groups attached to an aromatic ring is 1. The molecule has 2 aliphatic heterocycles. The van der Waals surface area contributed by atoms with E-state index in [9.17, 15) is 4.39 Å². The van der Waals surface area contributed by atoms with Gasteiger partial charge in [0, 0.05) is 24.7 Å². The number of hydrogen-bond donors (Lipinski definition) is 2. The van der Waals surface area contributed by atoms with Gasteiger partial charge < -0.3 is 11.1 Å². The van der Waals surface area contributed by atoms with Crippen molar-refractivity contribution in [2.24, 2.45) is 0 Å². The molecule has 1 aromatic carbocycles. The number of fused-ring (bicyclic) bond motifs is 1. The first-order chi connectivity index (χ1) is 9.15. The van der Waals surface area contributed by atoms with E-state index in [-0.39, 0.29) is 5.02 Å². The van der Waals surface area contributed by atoms with Crippen LogP contribution in [-0.4, -0.2) is 30.1 Å². The Morgan fingerprint density at radius 2 is 2.11 bits per heavy atom. The molecule has 2 unspecified atom stereocenters. The number of hydrogen-bond acceptors (Lipinski definition) is 3. The topological polar surface area (TPSA) is 41.3 Å². The highest BCUT2D eigenvalue weighted by atomic mass is 35.5. The molecule has 3 nitrogen and oxygen atoms in total. The van der Waals surface area contributed by atoms with Crippen molar-refractivity contribution in [1.82, 2.24) is 4.90 Å². The zero-order valence-electron chi connectivity index (χ0n) is 10.8. The summed E-state index contributed by atoms with van der Waals surface area (Å²) in [5.74, 6) is -0.463. The van der Waals surface area contributed by atoms with Gasteiger partial charge >= 0.3 is 0 Å². The number of rotatable bonds is 2. The average Bonchev–Trinajstić information content (AvgIpc) is 2.80. The monoisotopic (exact) mass is 283 g/mol. The Morgan fingerprint density at radius 1 is 1.26 bits per heavy atom. The van der Waals surface area contributed by atoms with Crippen LogP contribution in [0.2, 0.25) is 5.02 Å². The number of benzene rings is 1. The van der Waals surface area contributed by atoms with Crippen molar-refractivity contribution < 1.29 is 4.39 Å². The highest BCUT2D eigenvalue weighted by molar-refractivity contribution is 6.31. The van der Waals surface area contributed by atoms with Crippen molar-refractivity contribution in [2.45, 2.75) is 37.8 Å². The van der Waals surface area contributed by atoms with Crippen molar-refractivity contribution in [2.75, 3.05) is 24.1 Å². The molecule has 0 bridgehead atoms. The van der Waals surface area contributed by atoms with Gasteiger partial charge in [0.1, 0.15) is 5.82 Å². The molecular weight excluding hydrogens is 265 g/mol. The van der Waals surface area contributed by atoms with E-state index in [1.54, 1.807) is 6.07 Å². The van der Waals surface area contributed by atoms with E-state index in [0.29, 0.717) is 17.8 Å². The summed E-state index contributed by atoms with van der Waals surface area (Å²) in [6.07, 6.45) is 4.93. The molecule has 0 aliphatic carbocycles. The molecule has 0 radical (unpaired) electrons. The molecule has 2 heterocycles. The van der Waals surface area contributed by atoms with Crippen LogP contribution in [0.1, 0.15) is 25.7 Å². The van der Waals surface area contributed by atoms with Crippen LogP contribution in [-0.2, 0) is 0 Å². The van der Waals surface area contributed by atoms with E-state index >= 15 is 0 Å². The molecule has 19 heavy (non-hydrogen) atoms. The Balaban J connectivity index is 1.76. The Labute approximate surface area is 117 Å². The quantitative estimate of drug-likeness (QED) is 0.820. The van der Waals surface area contributed by atoms with Crippen LogP contribution in [0.25, 0.3) is 0 Å². The number of halogens is 2. The van der Waals surface area contributed by atoms with Crippen LogP contribution in [0, 0.1) is 5.82 Å². The van der Waals surface area contributed by atoms with Crippen molar-refractivity contribution in [1.29, 1.82) is 0 Å². The Bertz CT molecular complexity index is 480. The van der Waals surface area contributed by atoms with Crippen LogP contribution < -0.4 is 11.1 Å². The largest absolute Gasteiger partial charge is 0.397 e. The molecule has 0 spiro atoms. The van der Waals surface area contributed by atoms with Gasteiger partial charge in [0.15, 0.2) is 0 Å². The van der Waals surface area contributed by atoms with E-state index in [1.807, 2.05) is 0 Å². The maximum Gasteiger partial charge on any atom is 0.143 e. The van der Waals surface area contributed by atoms with Crippen molar-refractivity contribution in [3.05, 3.63) is 23.0 Å². The van der Waals surface area contributed by atoms with Gasteiger partial charge in [0.05, 0.1) is 16.4 Å². The zero-order valence-corrected chi connectivity index (χ0v) is 11.6. The van der Waals surface area contributed by atoms with Gasteiger partial charge in [-0.1, -0.05) is 18.0 Å². The molecule has 1 aromatic rings. The Hall–Kier alpha value is -1.00. The molecule has 104 valence electrons. The molecule has 5 heteroatoms. The molecule has 0 saturated carbocycles. The van der Waals surface area contributed by atoms with Gasteiger partial charge in [-0.25, -0.2) is 4.39 Å². The maximum absolute atomic E-state index is 13.3. The molecule has 2 atom stereocenters. The summed E-state index contributed by atoms with van der Waals surface area (Å²) in [7, 11) is 0. The molecule has 0 amide bonds. The molecule has 3 N–H and O–H groups in total. The normalized spacial score (nSPS) is 27.3. The smallest absolute Gasteiger partial charge is 0.143 e. The lowest BCUT2D eigenvalue weighted by Crippen LogP contribution is -2.41. The molecular formula is C14H19ClFN3. The lowest BCUT2D eigenvalue weighted by molar-refractivity contribution is 0.193. The van der Waals surface area contributed by atoms with Crippen molar-refractivity contribution in [3.8, 4) is 0 Å². The first-order valence-electron chi connectivity index (χ1n) is 6.90. The second kappa shape index (κ2) is 5.17. The predicted molar refractivity (Wildman–Crippen MR) is 77.1 cm³/mol. The second-order valence-corrected chi connectivity index (χ2v) is 5.90. The third kappa shape index (κ3) is 2.51. The van der Waals surface area contributed by atoms with E-state index in [0.717, 1.165) is 18.7 Å². The molecule has 2 fully saturated rings. The van der Waals surface area contributed by atoms with Crippen LogP contribution in [0.15, 0.2) is 12.1 Å². The summed E-state index contributed by atoms with van der Waals surface area (Å²) in [5.41, 5.74) is 7.04. The summed E-state index contributed by atoms with van der Waals surface area (Å²) < 4.78 is 13.3. The first-order valence-corrected chi connectivity index (χ1v) is 7.28. The minimum Gasteiger partial charge on any atom is -0.397 e. The Morgan fingerprint density at radius 3 is 2.95 bits per heavy atom. The van der Waals surface area contributed by atoms with Crippen molar-refractivity contribution in [3.63, 3.8) is 0 Å². The molecule has 3 rings (SSSR count). The average molecular weight is 284 g/mol. The van der Waals surface area contributed by atoms with Crippen LogP contribution >= 0.6 is 11.6 Å². The zero-order chi connectivity index (χ0) is 13.4. The van der Waals surface area contributed by atoms with E-state index < -0.39 is 5.82 Å². The summed E-state index contributed by atoms with van der Waals surface area (Å²) in [5, 5.41) is 3.58. The highest BCUT2D eigenvalue weighted by Gasteiger charge is 2.35. The fourth-order valence-corrected chi connectivity index (χ4v) is 3.47.